The lowest BCUT2D eigenvalue weighted by atomic mass is 9.75. The molecular formula is C11H24N2. The fraction of sp³-hybridized carbons (Fsp3) is 1.00. The number of hydrogen-bond acceptors (Lipinski definition) is 2. The minimum Gasteiger partial charge on any atom is -0.330 e. The molecule has 13 heavy (non-hydrogen) atoms. The smallest absolute Gasteiger partial charge is 0.00131 e. The SMILES string of the molecule is CCCC1(CN)CCN(CC)CC1. The van der Waals surface area contributed by atoms with Gasteiger partial charge >= 0.3 is 0 Å². The highest BCUT2D eigenvalue weighted by molar-refractivity contribution is 4.86. The van der Waals surface area contributed by atoms with E-state index in [-0.39, 0.29) is 0 Å². The summed E-state index contributed by atoms with van der Waals surface area (Å²) < 4.78 is 0. The normalized spacial score (nSPS) is 23.3. The Morgan fingerprint density at radius 3 is 2.23 bits per heavy atom. The highest BCUT2D eigenvalue weighted by Crippen LogP contribution is 2.34. The van der Waals surface area contributed by atoms with Gasteiger partial charge in [0.1, 0.15) is 0 Å². The zero-order chi connectivity index (χ0) is 9.73. The lowest BCUT2D eigenvalue weighted by Crippen LogP contribution is -2.43. The van der Waals surface area contributed by atoms with Crippen LogP contribution in [0.25, 0.3) is 0 Å². The van der Waals surface area contributed by atoms with Gasteiger partial charge in [-0.3, -0.25) is 0 Å². The Hall–Kier alpha value is -0.0800. The van der Waals surface area contributed by atoms with Crippen molar-refractivity contribution in [2.45, 2.75) is 39.5 Å². The highest BCUT2D eigenvalue weighted by atomic mass is 15.1. The lowest BCUT2D eigenvalue weighted by molar-refractivity contribution is 0.105. The van der Waals surface area contributed by atoms with E-state index in [9.17, 15) is 0 Å². The van der Waals surface area contributed by atoms with Gasteiger partial charge in [-0.2, -0.15) is 0 Å². The van der Waals surface area contributed by atoms with Gasteiger partial charge in [0.15, 0.2) is 0 Å². The molecule has 0 aromatic rings. The second-order valence-electron chi connectivity index (χ2n) is 4.39. The van der Waals surface area contributed by atoms with Gasteiger partial charge in [0.05, 0.1) is 0 Å². The Labute approximate surface area is 82.5 Å². The molecule has 0 saturated carbocycles. The van der Waals surface area contributed by atoms with E-state index in [2.05, 4.69) is 18.7 Å². The summed E-state index contributed by atoms with van der Waals surface area (Å²) >= 11 is 0. The molecule has 1 fully saturated rings. The summed E-state index contributed by atoms with van der Waals surface area (Å²) in [5.41, 5.74) is 6.38. The maximum absolute atomic E-state index is 5.89. The molecule has 2 N–H and O–H groups in total. The van der Waals surface area contributed by atoms with Crippen LogP contribution in [0.2, 0.25) is 0 Å². The molecule has 0 atom stereocenters. The zero-order valence-corrected chi connectivity index (χ0v) is 9.18. The molecular weight excluding hydrogens is 160 g/mol. The predicted molar refractivity (Wildman–Crippen MR) is 57.7 cm³/mol. The summed E-state index contributed by atoms with van der Waals surface area (Å²) in [6, 6.07) is 0. The van der Waals surface area contributed by atoms with Crippen molar-refractivity contribution < 1.29 is 0 Å². The molecule has 0 spiro atoms. The first-order valence-electron chi connectivity index (χ1n) is 5.69. The van der Waals surface area contributed by atoms with Gasteiger partial charge in [-0.1, -0.05) is 20.3 Å². The van der Waals surface area contributed by atoms with E-state index in [4.69, 9.17) is 5.73 Å². The summed E-state index contributed by atoms with van der Waals surface area (Å²) in [6.45, 7) is 9.12. The third-order valence-corrected chi connectivity index (χ3v) is 3.58. The van der Waals surface area contributed by atoms with E-state index in [1.165, 1.54) is 45.3 Å². The number of rotatable bonds is 4. The third kappa shape index (κ3) is 2.68. The van der Waals surface area contributed by atoms with Crippen molar-refractivity contribution in [1.29, 1.82) is 0 Å². The van der Waals surface area contributed by atoms with E-state index in [0.29, 0.717) is 5.41 Å². The van der Waals surface area contributed by atoms with Gasteiger partial charge in [0, 0.05) is 0 Å². The molecule has 1 aliphatic rings. The van der Waals surface area contributed by atoms with Crippen LogP contribution >= 0.6 is 0 Å². The van der Waals surface area contributed by atoms with Crippen LogP contribution in [-0.2, 0) is 0 Å². The monoisotopic (exact) mass is 184 g/mol. The van der Waals surface area contributed by atoms with Gasteiger partial charge < -0.3 is 10.6 Å². The minimum absolute atomic E-state index is 0.487. The maximum atomic E-state index is 5.89. The quantitative estimate of drug-likeness (QED) is 0.722. The van der Waals surface area contributed by atoms with E-state index in [1.54, 1.807) is 0 Å². The first kappa shape index (κ1) is 11.0. The number of hydrogen-bond donors (Lipinski definition) is 1. The average molecular weight is 184 g/mol. The Bertz CT molecular complexity index is 137. The van der Waals surface area contributed by atoms with Crippen LogP contribution in [0, 0.1) is 5.41 Å². The fourth-order valence-corrected chi connectivity index (χ4v) is 2.43. The molecule has 0 aliphatic carbocycles. The highest BCUT2D eigenvalue weighted by Gasteiger charge is 2.31. The summed E-state index contributed by atoms with van der Waals surface area (Å²) in [5, 5.41) is 0. The van der Waals surface area contributed by atoms with Crippen molar-refractivity contribution in [2.75, 3.05) is 26.2 Å². The lowest BCUT2D eigenvalue weighted by Gasteiger charge is -2.41. The van der Waals surface area contributed by atoms with Gasteiger partial charge in [-0.05, 0) is 50.9 Å². The summed E-state index contributed by atoms with van der Waals surface area (Å²) in [5.74, 6) is 0. The molecule has 0 bridgehead atoms. The summed E-state index contributed by atoms with van der Waals surface area (Å²) in [7, 11) is 0. The van der Waals surface area contributed by atoms with E-state index >= 15 is 0 Å². The molecule has 78 valence electrons. The van der Waals surface area contributed by atoms with E-state index < -0.39 is 0 Å². The van der Waals surface area contributed by atoms with Gasteiger partial charge in [0.25, 0.3) is 0 Å². The van der Waals surface area contributed by atoms with Crippen LogP contribution in [0.4, 0.5) is 0 Å². The van der Waals surface area contributed by atoms with Crippen LogP contribution < -0.4 is 5.73 Å². The second-order valence-corrected chi connectivity index (χ2v) is 4.39. The number of nitrogens with zero attached hydrogens (tertiary/aromatic N) is 1. The predicted octanol–water partition coefficient (Wildman–Crippen LogP) is 1.85. The molecule has 1 aliphatic heterocycles. The zero-order valence-electron chi connectivity index (χ0n) is 9.18. The average Bonchev–Trinajstić information content (AvgIpc) is 2.19. The first-order valence-corrected chi connectivity index (χ1v) is 5.69. The number of piperidine rings is 1. The topological polar surface area (TPSA) is 29.3 Å². The van der Waals surface area contributed by atoms with Crippen molar-refractivity contribution in [1.82, 2.24) is 4.90 Å². The van der Waals surface area contributed by atoms with Crippen molar-refractivity contribution in [3.63, 3.8) is 0 Å². The third-order valence-electron chi connectivity index (χ3n) is 3.58. The molecule has 0 aromatic carbocycles. The fourth-order valence-electron chi connectivity index (χ4n) is 2.43. The van der Waals surface area contributed by atoms with E-state index in [1.807, 2.05) is 0 Å². The van der Waals surface area contributed by atoms with Crippen LogP contribution in [0.1, 0.15) is 39.5 Å². The molecule has 2 heteroatoms. The van der Waals surface area contributed by atoms with Crippen LogP contribution in [0.5, 0.6) is 0 Å². The molecule has 0 radical (unpaired) electrons. The minimum atomic E-state index is 0.487. The Morgan fingerprint density at radius 2 is 1.85 bits per heavy atom. The molecule has 1 saturated heterocycles. The van der Waals surface area contributed by atoms with Gasteiger partial charge in [0.2, 0.25) is 0 Å². The molecule has 0 unspecified atom stereocenters. The number of likely N-dealkylation sites (tertiary alicyclic amines) is 1. The molecule has 1 heterocycles. The van der Waals surface area contributed by atoms with E-state index in [0.717, 1.165) is 6.54 Å². The van der Waals surface area contributed by atoms with Gasteiger partial charge in [-0.15, -0.1) is 0 Å². The molecule has 0 amide bonds. The number of nitrogens with two attached hydrogens (primary N) is 1. The summed E-state index contributed by atoms with van der Waals surface area (Å²) in [4.78, 5) is 2.53. The summed E-state index contributed by atoms with van der Waals surface area (Å²) in [6.07, 6.45) is 5.22. The van der Waals surface area contributed by atoms with Gasteiger partial charge in [-0.25, -0.2) is 0 Å². The molecule has 2 nitrogen and oxygen atoms in total. The standard InChI is InChI=1S/C11H24N2/c1-3-5-11(10-12)6-8-13(4-2)9-7-11/h3-10,12H2,1-2H3. The Kier molecular flexibility index (Phi) is 4.20. The van der Waals surface area contributed by atoms with Crippen LogP contribution in [-0.4, -0.2) is 31.1 Å². The van der Waals surface area contributed by atoms with Crippen molar-refractivity contribution in [3.8, 4) is 0 Å². The van der Waals surface area contributed by atoms with Crippen molar-refractivity contribution >= 4 is 0 Å². The van der Waals surface area contributed by atoms with Crippen molar-refractivity contribution in [3.05, 3.63) is 0 Å². The van der Waals surface area contributed by atoms with Crippen molar-refractivity contribution in [2.24, 2.45) is 11.1 Å². The maximum Gasteiger partial charge on any atom is -0.00131 e. The molecule has 1 rings (SSSR count). The van der Waals surface area contributed by atoms with Crippen LogP contribution in [0.15, 0.2) is 0 Å². The Balaban J connectivity index is 2.42. The first-order chi connectivity index (χ1) is 6.26. The largest absolute Gasteiger partial charge is 0.330 e. The van der Waals surface area contributed by atoms with Crippen LogP contribution in [0.3, 0.4) is 0 Å². The second kappa shape index (κ2) is 4.97. The molecule has 0 aromatic heterocycles. The Morgan fingerprint density at radius 1 is 1.23 bits per heavy atom.